The average molecular weight is 425 g/mol. The molecule has 1 unspecified atom stereocenters. The normalized spacial score (nSPS) is 13.3. The fourth-order valence-corrected chi connectivity index (χ4v) is 2.69. The second-order valence-corrected chi connectivity index (χ2v) is 6.01. The monoisotopic (exact) mass is 425 g/mol. The van der Waals surface area contributed by atoms with Crippen molar-refractivity contribution in [1.29, 1.82) is 0 Å². The molecule has 2 N–H and O–H groups in total. The maximum atomic E-state index is 13.6. The number of aromatic carboxylic acids is 1. The molecule has 0 bridgehead atoms. The SMILES string of the molecule is CCn1nc(C(=O)O)c(C(F)(F)F)c1-c1ccc(NC(C)C(F)(F)F)cc1OC. The largest absolute Gasteiger partial charge is 0.496 e. The third-order valence-corrected chi connectivity index (χ3v) is 4.07. The predicted molar refractivity (Wildman–Crippen MR) is 91.0 cm³/mol. The van der Waals surface area contributed by atoms with Gasteiger partial charge in [-0.05, 0) is 26.0 Å². The number of aryl methyl sites for hydroxylation is 1. The first-order valence-electron chi connectivity index (χ1n) is 8.24. The molecule has 6 nitrogen and oxygen atoms in total. The number of benzene rings is 1. The molecule has 1 aromatic carbocycles. The quantitative estimate of drug-likeness (QED) is 0.659. The number of hydrogen-bond acceptors (Lipinski definition) is 4. The van der Waals surface area contributed by atoms with Crippen molar-refractivity contribution in [1.82, 2.24) is 9.78 Å². The third kappa shape index (κ3) is 4.57. The van der Waals surface area contributed by atoms with E-state index in [0.717, 1.165) is 36.9 Å². The number of hydrogen-bond donors (Lipinski definition) is 2. The van der Waals surface area contributed by atoms with Gasteiger partial charge in [0, 0.05) is 23.9 Å². The molecule has 29 heavy (non-hydrogen) atoms. The Hall–Kier alpha value is -2.92. The van der Waals surface area contributed by atoms with Crippen LogP contribution in [-0.4, -0.2) is 40.2 Å². The van der Waals surface area contributed by atoms with Crippen molar-refractivity contribution in [2.24, 2.45) is 0 Å². The number of ether oxygens (including phenoxy) is 1. The number of methoxy groups -OCH3 is 1. The van der Waals surface area contributed by atoms with E-state index in [1.54, 1.807) is 0 Å². The lowest BCUT2D eigenvalue weighted by Crippen LogP contribution is -2.33. The van der Waals surface area contributed by atoms with E-state index < -0.39 is 41.3 Å². The fourth-order valence-electron chi connectivity index (χ4n) is 2.69. The number of carbonyl (C=O) groups is 1. The number of rotatable bonds is 6. The van der Waals surface area contributed by atoms with Gasteiger partial charge in [-0.1, -0.05) is 0 Å². The van der Waals surface area contributed by atoms with Crippen molar-refractivity contribution in [3.63, 3.8) is 0 Å². The van der Waals surface area contributed by atoms with E-state index in [4.69, 9.17) is 9.84 Å². The van der Waals surface area contributed by atoms with Crippen LogP contribution in [0.15, 0.2) is 18.2 Å². The van der Waals surface area contributed by atoms with Crippen LogP contribution < -0.4 is 10.1 Å². The Bertz CT molecular complexity index is 905. The van der Waals surface area contributed by atoms with Crippen LogP contribution in [0, 0.1) is 0 Å². The van der Waals surface area contributed by atoms with Gasteiger partial charge in [0.15, 0.2) is 5.69 Å². The maximum absolute atomic E-state index is 13.6. The van der Waals surface area contributed by atoms with Crippen molar-refractivity contribution in [3.8, 4) is 17.0 Å². The Morgan fingerprint density at radius 3 is 2.34 bits per heavy atom. The summed E-state index contributed by atoms with van der Waals surface area (Å²) in [6.07, 6.45) is -9.57. The van der Waals surface area contributed by atoms with Crippen molar-refractivity contribution >= 4 is 11.7 Å². The summed E-state index contributed by atoms with van der Waals surface area (Å²) in [7, 11) is 1.13. The zero-order valence-electron chi connectivity index (χ0n) is 15.4. The van der Waals surface area contributed by atoms with Crippen LogP contribution in [0.3, 0.4) is 0 Å². The molecule has 0 spiro atoms. The zero-order chi connectivity index (χ0) is 22.1. The molecule has 0 saturated heterocycles. The number of carboxylic acids is 1. The number of aromatic nitrogens is 2. The number of halogens is 6. The van der Waals surface area contributed by atoms with Gasteiger partial charge in [0.1, 0.15) is 17.4 Å². The number of nitrogens with zero attached hydrogens (tertiary/aromatic N) is 2. The van der Waals surface area contributed by atoms with Gasteiger partial charge in [0.2, 0.25) is 0 Å². The smallest absolute Gasteiger partial charge is 0.420 e. The van der Waals surface area contributed by atoms with E-state index in [-0.39, 0.29) is 23.5 Å². The summed E-state index contributed by atoms with van der Waals surface area (Å²) in [6.45, 7) is 2.27. The standard InChI is InChI=1S/C17H17F6N3O3/c1-4-26-14(12(17(21,22)23)13(25-26)15(27)28)10-6-5-9(7-11(10)29-3)24-8(2)16(18,19)20/h5-8,24H,4H2,1-3H3,(H,27,28). The summed E-state index contributed by atoms with van der Waals surface area (Å²) in [6, 6.07) is 1.45. The van der Waals surface area contributed by atoms with Crippen molar-refractivity contribution in [2.75, 3.05) is 12.4 Å². The highest BCUT2D eigenvalue weighted by Crippen LogP contribution is 2.43. The van der Waals surface area contributed by atoms with Crippen LogP contribution in [-0.2, 0) is 12.7 Å². The first-order chi connectivity index (χ1) is 13.3. The van der Waals surface area contributed by atoms with Gasteiger partial charge in [-0.2, -0.15) is 31.4 Å². The topological polar surface area (TPSA) is 76.4 Å². The minimum Gasteiger partial charge on any atom is -0.496 e. The van der Waals surface area contributed by atoms with Crippen LogP contribution in [0.5, 0.6) is 5.75 Å². The summed E-state index contributed by atoms with van der Waals surface area (Å²) in [4.78, 5) is 11.3. The summed E-state index contributed by atoms with van der Waals surface area (Å²) in [5, 5.41) is 14.8. The number of nitrogens with one attached hydrogen (secondary N) is 1. The van der Waals surface area contributed by atoms with E-state index in [9.17, 15) is 31.1 Å². The van der Waals surface area contributed by atoms with Crippen LogP contribution >= 0.6 is 0 Å². The molecule has 0 radical (unpaired) electrons. The first kappa shape index (κ1) is 22.4. The van der Waals surface area contributed by atoms with Gasteiger partial charge in [-0.15, -0.1) is 0 Å². The molecule has 0 amide bonds. The summed E-state index contributed by atoms with van der Waals surface area (Å²) >= 11 is 0. The summed E-state index contributed by atoms with van der Waals surface area (Å²) in [5.41, 5.74) is -3.39. The van der Waals surface area contributed by atoms with Crippen LogP contribution in [0.2, 0.25) is 0 Å². The molecular formula is C17H17F6N3O3. The number of anilines is 1. The minimum absolute atomic E-state index is 0.0370. The van der Waals surface area contributed by atoms with Crippen LogP contribution in [0.4, 0.5) is 32.0 Å². The summed E-state index contributed by atoms with van der Waals surface area (Å²) in [5.74, 6) is -2.04. The highest BCUT2D eigenvalue weighted by atomic mass is 19.4. The van der Waals surface area contributed by atoms with E-state index in [0.29, 0.717) is 0 Å². The Labute approximate surface area is 161 Å². The van der Waals surface area contributed by atoms with Gasteiger partial charge < -0.3 is 15.2 Å². The second kappa shape index (κ2) is 7.84. The highest BCUT2D eigenvalue weighted by Gasteiger charge is 2.43. The van der Waals surface area contributed by atoms with Gasteiger partial charge in [0.25, 0.3) is 0 Å². The molecule has 0 aliphatic heterocycles. The summed E-state index contributed by atoms with van der Waals surface area (Å²) < 4.78 is 85.0. The molecule has 1 heterocycles. The number of alkyl halides is 6. The Balaban J connectivity index is 2.67. The predicted octanol–water partition coefficient (Wildman–Crippen LogP) is 4.66. The molecule has 1 atom stereocenters. The molecule has 1 aromatic heterocycles. The van der Waals surface area contributed by atoms with Gasteiger partial charge in [-0.25, -0.2) is 4.79 Å². The first-order valence-corrected chi connectivity index (χ1v) is 8.24. The molecule has 0 saturated carbocycles. The van der Waals surface area contributed by atoms with Gasteiger partial charge in [0.05, 0.1) is 12.8 Å². The van der Waals surface area contributed by atoms with E-state index in [1.807, 2.05) is 0 Å². The maximum Gasteiger partial charge on any atom is 0.420 e. The lowest BCUT2D eigenvalue weighted by Gasteiger charge is -2.20. The van der Waals surface area contributed by atoms with Crippen molar-refractivity contribution < 1.29 is 41.0 Å². The van der Waals surface area contributed by atoms with E-state index in [1.165, 1.54) is 6.92 Å². The minimum atomic E-state index is -5.04. The van der Waals surface area contributed by atoms with Crippen LogP contribution in [0.1, 0.15) is 29.9 Å². The molecule has 0 fully saturated rings. The Morgan fingerprint density at radius 1 is 1.28 bits per heavy atom. The zero-order valence-corrected chi connectivity index (χ0v) is 15.4. The molecule has 0 aliphatic carbocycles. The van der Waals surface area contributed by atoms with Gasteiger partial charge in [-0.3, -0.25) is 4.68 Å². The molecule has 0 aliphatic rings. The third-order valence-electron chi connectivity index (χ3n) is 4.07. The molecule has 2 rings (SSSR count). The highest BCUT2D eigenvalue weighted by molar-refractivity contribution is 5.91. The second-order valence-electron chi connectivity index (χ2n) is 6.01. The number of carboxylic acid groups (broad SMARTS) is 1. The molecule has 160 valence electrons. The lowest BCUT2D eigenvalue weighted by molar-refractivity contribution is -0.139. The Morgan fingerprint density at radius 2 is 1.90 bits per heavy atom. The lowest BCUT2D eigenvalue weighted by atomic mass is 10.0. The molecule has 2 aromatic rings. The Kier molecular flexibility index (Phi) is 6.04. The molecular weight excluding hydrogens is 408 g/mol. The van der Waals surface area contributed by atoms with E-state index in [2.05, 4.69) is 10.4 Å². The molecule has 12 heteroatoms. The van der Waals surface area contributed by atoms with Gasteiger partial charge >= 0.3 is 18.3 Å². The van der Waals surface area contributed by atoms with Crippen molar-refractivity contribution in [3.05, 3.63) is 29.5 Å². The average Bonchev–Trinajstić information content (AvgIpc) is 3.00. The van der Waals surface area contributed by atoms with Crippen LogP contribution in [0.25, 0.3) is 11.3 Å². The van der Waals surface area contributed by atoms with E-state index >= 15 is 0 Å². The van der Waals surface area contributed by atoms with Crippen molar-refractivity contribution in [2.45, 2.75) is 38.8 Å². The fraction of sp³-hybridized carbons (Fsp3) is 0.412.